The molecule has 5 rings (SSSR count). The number of nitrogens with one attached hydrogen (secondary N) is 1. The van der Waals surface area contributed by atoms with Crippen LogP contribution in [0.15, 0.2) is 80.8 Å². The number of anilines is 1. The Bertz CT molecular complexity index is 1440. The molecule has 2 aromatic heterocycles. The fourth-order valence-electron chi connectivity index (χ4n) is 3.81. The van der Waals surface area contributed by atoms with Gasteiger partial charge in [-0.15, -0.1) is 10.2 Å². The van der Waals surface area contributed by atoms with Gasteiger partial charge in [-0.2, -0.15) is 0 Å². The number of nitrogens with zero attached hydrogens (tertiary/aromatic N) is 3. The fourth-order valence-corrected chi connectivity index (χ4v) is 4.83. The predicted molar refractivity (Wildman–Crippen MR) is 132 cm³/mol. The average molecular weight is 507 g/mol. The van der Waals surface area contributed by atoms with Crippen molar-refractivity contribution in [3.63, 3.8) is 0 Å². The van der Waals surface area contributed by atoms with Gasteiger partial charge in [-0.3, -0.25) is 4.79 Å². The van der Waals surface area contributed by atoms with Crippen LogP contribution in [0.5, 0.6) is 0 Å². The highest BCUT2D eigenvalue weighted by Crippen LogP contribution is 2.31. The van der Waals surface area contributed by atoms with E-state index < -0.39 is 0 Å². The Morgan fingerprint density at radius 3 is 2.66 bits per heavy atom. The standard InChI is InChI=1S/C24H19BrN4O2S/c1-2-29-20-10-6-4-7-16(20)18-13-15(11-12-21(18)29)26-22(30)14-32-24-28-27-23(31-24)17-8-3-5-9-19(17)25/h3-13H,2,14H2,1H3,(H,26,30). The number of thioether (sulfide) groups is 1. The molecule has 1 N–H and O–H groups in total. The van der Waals surface area contributed by atoms with Crippen LogP contribution < -0.4 is 5.32 Å². The summed E-state index contributed by atoms with van der Waals surface area (Å²) in [5.74, 6) is 0.458. The van der Waals surface area contributed by atoms with Gasteiger partial charge in [0.1, 0.15) is 0 Å². The lowest BCUT2D eigenvalue weighted by Gasteiger charge is -2.06. The summed E-state index contributed by atoms with van der Waals surface area (Å²) in [6, 6.07) is 22.0. The number of fused-ring (bicyclic) bond motifs is 3. The van der Waals surface area contributed by atoms with Gasteiger partial charge in [0.2, 0.25) is 11.8 Å². The second-order valence-corrected chi connectivity index (χ2v) is 8.96. The summed E-state index contributed by atoms with van der Waals surface area (Å²) in [6.07, 6.45) is 0. The van der Waals surface area contributed by atoms with Crippen molar-refractivity contribution in [3.05, 3.63) is 71.2 Å². The number of carbonyl (C=O) groups excluding carboxylic acids is 1. The predicted octanol–water partition coefficient (Wildman–Crippen LogP) is 6.36. The molecule has 0 saturated carbocycles. The number of aromatic nitrogens is 3. The molecule has 0 bridgehead atoms. The molecular weight excluding hydrogens is 488 g/mol. The van der Waals surface area contributed by atoms with E-state index in [1.54, 1.807) is 0 Å². The Morgan fingerprint density at radius 2 is 1.81 bits per heavy atom. The first-order valence-corrected chi connectivity index (χ1v) is 11.9. The topological polar surface area (TPSA) is 73.0 Å². The van der Waals surface area contributed by atoms with Crippen molar-refractivity contribution in [1.82, 2.24) is 14.8 Å². The second kappa shape index (κ2) is 8.80. The van der Waals surface area contributed by atoms with E-state index >= 15 is 0 Å². The molecule has 0 unspecified atom stereocenters. The van der Waals surface area contributed by atoms with Crippen molar-refractivity contribution in [2.75, 3.05) is 11.1 Å². The van der Waals surface area contributed by atoms with Crippen LogP contribution in [0.3, 0.4) is 0 Å². The van der Waals surface area contributed by atoms with Gasteiger partial charge in [0, 0.05) is 38.5 Å². The van der Waals surface area contributed by atoms with Gasteiger partial charge in [-0.1, -0.05) is 42.1 Å². The molecule has 5 aromatic rings. The monoisotopic (exact) mass is 506 g/mol. The zero-order valence-corrected chi connectivity index (χ0v) is 19.6. The Labute approximate surface area is 197 Å². The van der Waals surface area contributed by atoms with Crippen molar-refractivity contribution in [3.8, 4) is 11.5 Å². The lowest BCUT2D eigenvalue weighted by Crippen LogP contribution is -2.13. The van der Waals surface area contributed by atoms with Crippen LogP contribution >= 0.6 is 27.7 Å². The molecule has 0 aliphatic heterocycles. The number of benzene rings is 3. The van der Waals surface area contributed by atoms with Gasteiger partial charge in [0.25, 0.3) is 5.22 Å². The number of amides is 1. The molecule has 0 spiro atoms. The maximum atomic E-state index is 12.5. The van der Waals surface area contributed by atoms with Crippen molar-refractivity contribution in [2.24, 2.45) is 0 Å². The molecule has 0 radical (unpaired) electrons. The number of hydrogen-bond acceptors (Lipinski definition) is 5. The SMILES string of the molecule is CCn1c2ccccc2c2cc(NC(=O)CSc3nnc(-c4ccccc4Br)o3)ccc21. The van der Waals surface area contributed by atoms with Gasteiger partial charge in [0.15, 0.2) is 0 Å². The third kappa shape index (κ3) is 3.91. The van der Waals surface area contributed by atoms with E-state index in [9.17, 15) is 4.79 Å². The number of carbonyl (C=O) groups is 1. The molecule has 0 atom stereocenters. The van der Waals surface area contributed by atoms with E-state index in [4.69, 9.17) is 4.42 Å². The van der Waals surface area contributed by atoms with Gasteiger partial charge in [-0.05, 0) is 59.3 Å². The van der Waals surface area contributed by atoms with E-state index in [0.717, 1.165) is 33.2 Å². The largest absolute Gasteiger partial charge is 0.411 e. The van der Waals surface area contributed by atoms with Gasteiger partial charge < -0.3 is 14.3 Å². The fraction of sp³-hybridized carbons (Fsp3) is 0.125. The minimum atomic E-state index is -0.130. The van der Waals surface area contributed by atoms with Crippen LogP contribution in [0.4, 0.5) is 5.69 Å². The van der Waals surface area contributed by atoms with E-state index in [2.05, 4.69) is 61.1 Å². The molecule has 160 valence electrons. The molecule has 3 aromatic carbocycles. The molecule has 0 aliphatic carbocycles. The van der Waals surface area contributed by atoms with E-state index in [-0.39, 0.29) is 11.7 Å². The second-order valence-electron chi connectivity index (χ2n) is 7.18. The van der Waals surface area contributed by atoms with E-state index in [1.165, 1.54) is 22.7 Å². The molecular formula is C24H19BrN4O2S. The number of hydrogen-bond donors (Lipinski definition) is 1. The van der Waals surface area contributed by atoms with Crippen molar-refractivity contribution in [1.29, 1.82) is 0 Å². The highest BCUT2D eigenvalue weighted by molar-refractivity contribution is 9.10. The minimum absolute atomic E-state index is 0.130. The third-order valence-corrected chi connectivity index (χ3v) is 6.72. The molecule has 2 heterocycles. The molecule has 8 heteroatoms. The Hall–Kier alpha value is -3.10. The number of halogens is 1. The van der Waals surface area contributed by atoms with Crippen LogP contribution in [0.2, 0.25) is 0 Å². The van der Waals surface area contributed by atoms with Crippen LogP contribution in [0.1, 0.15) is 6.92 Å². The summed E-state index contributed by atoms with van der Waals surface area (Å²) in [7, 11) is 0. The Morgan fingerprint density at radius 1 is 1.03 bits per heavy atom. The Kier molecular flexibility index (Phi) is 5.71. The van der Waals surface area contributed by atoms with Crippen molar-refractivity contribution in [2.45, 2.75) is 18.7 Å². The minimum Gasteiger partial charge on any atom is -0.411 e. The van der Waals surface area contributed by atoms with Crippen LogP contribution in [-0.2, 0) is 11.3 Å². The van der Waals surface area contributed by atoms with E-state index in [0.29, 0.717) is 11.1 Å². The quantitative estimate of drug-likeness (QED) is 0.271. The third-order valence-electron chi connectivity index (χ3n) is 5.21. The summed E-state index contributed by atoms with van der Waals surface area (Å²) in [6.45, 7) is 3.02. The first-order chi connectivity index (χ1) is 15.6. The molecule has 0 fully saturated rings. The number of aryl methyl sites for hydroxylation is 1. The molecule has 0 saturated heterocycles. The average Bonchev–Trinajstić information content (AvgIpc) is 3.40. The molecule has 32 heavy (non-hydrogen) atoms. The van der Waals surface area contributed by atoms with Crippen molar-refractivity contribution < 1.29 is 9.21 Å². The van der Waals surface area contributed by atoms with Crippen LogP contribution in [0, 0.1) is 0 Å². The maximum absolute atomic E-state index is 12.5. The van der Waals surface area contributed by atoms with Crippen LogP contribution in [-0.4, -0.2) is 26.4 Å². The highest BCUT2D eigenvalue weighted by atomic mass is 79.9. The molecule has 1 amide bonds. The first-order valence-electron chi connectivity index (χ1n) is 10.2. The highest BCUT2D eigenvalue weighted by Gasteiger charge is 2.14. The number of para-hydroxylation sites is 1. The lowest BCUT2D eigenvalue weighted by atomic mass is 10.1. The summed E-state index contributed by atoms with van der Waals surface area (Å²) < 4.78 is 8.86. The Balaban J connectivity index is 1.30. The van der Waals surface area contributed by atoms with Gasteiger partial charge in [-0.25, -0.2) is 0 Å². The lowest BCUT2D eigenvalue weighted by molar-refractivity contribution is -0.113. The summed E-state index contributed by atoms with van der Waals surface area (Å²) in [5, 5.41) is 13.8. The van der Waals surface area contributed by atoms with Gasteiger partial charge >= 0.3 is 0 Å². The zero-order valence-electron chi connectivity index (χ0n) is 17.2. The normalized spacial score (nSPS) is 11.3. The summed E-state index contributed by atoms with van der Waals surface area (Å²) >= 11 is 4.69. The molecule has 0 aliphatic rings. The first kappa shape index (κ1) is 20.8. The summed E-state index contributed by atoms with van der Waals surface area (Å²) in [5.41, 5.74) is 3.94. The summed E-state index contributed by atoms with van der Waals surface area (Å²) in [4.78, 5) is 12.5. The van der Waals surface area contributed by atoms with Crippen molar-refractivity contribution >= 4 is 61.1 Å². The number of rotatable bonds is 6. The van der Waals surface area contributed by atoms with E-state index in [1.807, 2.05) is 48.5 Å². The van der Waals surface area contributed by atoms with Crippen LogP contribution in [0.25, 0.3) is 33.3 Å². The zero-order chi connectivity index (χ0) is 22.1. The maximum Gasteiger partial charge on any atom is 0.277 e. The van der Waals surface area contributed by atoms with Gasteiger partial charge in [0.05, 0.1) is 11.3 Å². The smallest absolute Gasteiger partial charge is 0.277 e. The molecule has 6 nitrogen and oxygen atoms in total.